The number of ether oxygens (including phenoxy) is 1. The van der Waals surface area contributed by atoms with Gasteiger partial charge in [0.05, 0.1) is 54.9 Å². The minimum absolute atomic E-state index is 0.0616. The van der Waals surface area contributed by atoms with E-state index in [2.05, 4.69) is 19.2 Å². The lowest BCUT2D eigenvalue weighted by atomic mass is 9.42. The van der Waals surface area contributed by atoms with Crippen molar-refractivity contribution in [2.24, 2.45) is 52.1 Å². The predicted molar refractivity (Wildman–Crippen MR) is 205 cm³/mol. The molecule has 5 fully saturated rings. The maximum absolute atomic E-state index is 15.0. The van der Waals surface area contributed by atoms with Gasteiger partial charge in [-0.2, -0.15) is 0 Å². The molecule has 3 saturated carbocycles. The summed E-state index contributed by atoms with van der Waals surface area (Å²) in [6, 6.07) is 0. The number of hydrogen-bond donors (Lipinski definition) is 9. The van der Waals surface area contributed by atoms with Gasteiger partial charge in [0.2, 0.25) is 0 Å². The first kappa shape index (κ1) is 42.6. The van der Waals surface area contributed by atoms with Crippen molar-refractivity contribution in [1.82, 2.24) is 0 Å². The Morgan fingerprint density at radius 3 is 2.43 bits per heavy atom. The molecule has 6 rings (SSSR count). The van der Waals surface area contributed by atoms with Crippen LogP contribution < -0.4 is 11.1 Å². The summed E-state index contributed by atoms with van der Waals surface area (Å²) in [7, 11) is 0. The summed E-state index contributed by atoms with van der Waals surface area (Å²) in [5.74, 6) is -0.868. The third-order valence-electron chi connectivity index (χ3n) is 16.6. The highest BCUT2D eigenvalue weighted by molar-refractivity contribution is 6.00. The van der Waals surface area contributed by atoms with Crippen LogP contribution in [-0.2, 0) is 9.53 Å². The highest BCUT2D eigenvalue weighted by Gasteiger charge is 2.71. The average Bonchev–Trinajstić information content (AvgIpc) is 3.64. The number of unbranched alkanes of at least 4 members (excludes halogenated alkanes) is 3. The SMILES string of the molecule is CCCCCCC1COC(C(O)C(C)(O)C2CCC3(O)C4=C(CC(O)C(C)O)C(=O)C5CC(O)C(O)CC5(CCC5CCC(N)[NH2+]C5)C4CCC23C)C1C. The lowest BCUT2D eigenvalue weighted by Crippen LogP contribution is -2.95. The van der Waals surface area contributed by atoms with Crippen LogP contribution in [0.5, 0.6) is 0 Å². The van der Waals surface area contributed by atoms with Gasteiger partial charge in [-0.15, -0.1) is 0 Å². The first-order valence-electron chi connectivity index (χ1n) is 21.8. The molecule has 2 heterocycles. The first-order chi connectivity index (χ1) is 25.4. The van der Waals surface area contributed by atoms with Gasteiger partial charge >= 0.3 is 0 Å². The zero-order chi connectivity index (χ0) is 39.4. The van der Waals surface area contributed by atoms with Crippen LogP contribution in [0.2, 0.25) is 0 Å². The second-order valence-corrected chi connectivity index (χ2v) is 19.6. The standard InChI is InChI=1S/C43H74N2O9/c1-6-7-8-9-10-27-23-54-38(24(27)2)39(51)41(5,52)34-15-18-43(53)36-28(19-31(47)25(3)46)37(50)30-20-32(48)33(49)21-42(30,29(36)14-16-40(34,43)4)17-13-26-11-12-35(44)45-22-26/h24-27,29-35,38-39,45-49,51-53H,6-23,44H2,1-5H3/p+1. The third-order valence-corrected chi connectivity index (χ3v) is 16.6. The minimum atomic E-state index is -1.61. The topological polar surface area (TPSA) is 211 Å². The third kappa shape index (κ3) is 7.32. The number of ketones is 1. The molecule has 0 aromatic heterocycles. The monoisotopic (exact) mass is 764 g/mol. The molecule has 0 radical (unpaired) electrons. The second kappa shape index (κ2) is 16.3. The summed E-state index contributed by atoms with van der Waals surface area (Å²) in [5, 5.41) is 84.1. The van der Waals surface area contributed by atoms with Crippen LogP contribution >= 0.6 is 0 Å². The van der Waals surface area contributed by atoms with Crippen LogP contribution in [0.3, 0.4) is 0 Å². The highest BCUT2D eigenvalue weighted by atomic mass is 16.5. The quantitative estimate of drug-likeness (QED) is 0.118. The molecule has 0 bridgehead atoms. The summed E-state index contributed by atoms with van der Waals surface area (Å²) in [5.41, 5.74) is 2.35. The fourth-order valence-electron chi connectivity index (χ4n) is 13.0. The van der Waals surface area contributed by atoms with Gasteiger partial charge in [-0.1, -0.05) is 46.5 Å². The fourth-order valence-corrected chi connectivity index (χ4v) is 13.0. The molecule has 17 unspecified atom stereocenters. The number of carbonyl (C=O) groups is 1. The van der Waals surface area contributed by atoms with Gasteiger partial charge in [-0.3, -0.25) is 10.5 Å². The van der Waals surface area contributed by atoms with Crippen molar-refractivity contribution in [2.75, 3.05) is 13.2 Å². The van der Waals surface area contributed by atoms with Crippen molar-refractivity contribution < 1.29 is 50.6 Å². The van der Waals surface area contributed by atoms with Crippen LogP contribution in [0, 0.1) is 46.3 Å². The van der Waals surface area contributed by atoms with Gasteiger partial charge in [0, 0.05) is 35.7 Å². The molecule has 4 aliphatic carbocycles. The predicted octanol–water partition coefficient (Wildman–Crippen LogP) is 2.44. The largest absolute Gasteiger partial charge is 0.391 e. The van der Waals surface area contributed by atoms with E-state index in [1.54, 1.807) is 6.92 Å². The number of quaternary nitrogens is 1. The second-order valence-electron chi connectivity index (χ2n) is 19.6. The maximum atomic E-state index is 15.0. The van der Waals surface area contributed by atoms with E-state index in [0.717, 1.165) is 38.6 Å². The molecule has 17 atom stereocenters. The summed E-state index contributed by atoms with van der Waals surface area (Å²) in [6.45, 7) is 10.9. The zero-order valence-electron chi connectivity index (χ0n) is 33.8. The number of fused-ring (bicyclic) bond motifs is 5. The lowest BCUT2D eigenvalue weighted by Gasteiger charge is -2.63. The Hall–Kier alpha value is -0.990. The Morgan fingerprint density at radius 2 is 1.76 bits per heavy atom. The fraction of sp³-hybridized carbons (Fsp3) is 0.930. The van der Waals surface area contributed by atoms with E-state index in [1.807, 2.05) is 6.92 Å². The van der Waals surface area contributed by atoms with Crippen molar-refractivity contribution in [2.45, 2.75) is 191 Å². The van der Waals surface area contributed by atoms with Crippen molar-refractivity contribution in [3.63, 3.8) is 0 Å². The van der Waals surface area contributed by atoms with Gasteiger partial charge in [-0.25, -0.2) is 0 Å². The van der Waals surface area contributed by atoms with Crippen LogP contribution in [0.1, 0.15) is 137 Å². The van der Waals surface area contributed by atoms with Crippen molar-refractivity contribution in [3.8, 4) is 0 Å². The molecule has 2 aliphatic heterocycles. The molecule has 54 heavy (non-hydrogen) atoms. The van der Waals surface area contributed by atoms with E-state index >= 15 is 4.79 Å². The van der Waals surface area contributed by atoms with Gasteiger partial charge in [0.1, 0.15) is 12.3 Å². The molecule has 0 aromatic carbocycles. The van der Waals surface area contributed by atoms with Crippen LogP contribution in [-0.4, -0.2) is 109 Å². The Bertz CT molecular complexity index is 1350. The number of hydrogen-bond acceptors (Lipinski definition) is 10. The molecule has 6 aliphatic rings. The van der Waals surface area contributed by atoms with E-state index in [1.165, 1.54) is 26.2 Å². The molecule has 0 amide bonds. The van der Waals surface area contributed by atoms with Gasteiger partial charge in [0.25, 0.3) is 0 Å². The van der Waals surface area contributed by atoms with E-state index in [0.29, 0.717) is 55.3 Å². The van der Waals surface area contributed by atoms with E-state index in [9.17, 15) is 35.7 Å². The number of nitrogens with two attached hydrogens (primary N) is 2. The minimum Gasteiger partial charge on any atom is -0.391 e. The van der Waals surface area contributed by atoms with Gasteiger partial charge in [-0.05, 0) is 113 Å². The zero-order valence-corrected chi connectivity index (χ0v) is 33.8. The van der Waals surface area contributed by atoms with E-state index in [-0.39, 0.29) is 49.5 Å². The molecule has 0 aromatic rings. The summed E-state index contributed by atoms with van der Waals surface area (Å²) < 4.78 is 6.26. The highest BCUT2D eigenvalue weighted by Crippen LogP contribution is 2.71. The summed E-state index contributed by atoms with van der Waals surface area (Å²) in [6.07, 6.45) is 5.08. The van der Waals surface area contributed by atoms with Crippen molar-refractivity contribution in [1.29, 1.82) is 0 Å². The number of rotatable bonds is 14. The molecule has 11 heteroatoms. The normalized spacial score (nSPS) is 45.3. The van der Waals surface area contributed by atoms with Crippen LogP contribution in [0.4, 0.5) is 0 Å². The van der Waals surface area contributed by atoms with Gasteiger partial charge < -0.3 is 45.8 Å². The van der Waals surface area contributed by atoms with E-state index in [4.69, 9.17) is 10.5 Å². The van der Waals surface area contributed by atoms with Crippen molar-refractivity contribution >= 4 is 5.78 Å². The Labute approximate surface area is 323 Å². The Morgan fingerprint density at radius 1 is 1.02 bits per heavy atom. The molecule has 11 nitrogen and oxygen atoms in total. The number of aliphatic hydroxyl groups excluding tert-OH is 5. The molecule has 310 valence electrons. The smallest absolute Gasteiger partial charge is 0.162 e. The lowest BCUT2D eigenvalue weighted by molar-refractivity contribution is -0.703. The number of aliphatic hydroxyl groups is 7. The summed E-state index contributed by atoms with van der Waals surface area (Å²) in [4.78, 5) is 15.0. The Balaban J connectivity index is 1.35. The van der Waals surface area contributed by atoms with E-state index < -0.39 is 70.5 Å². The van der Waals surface area contributed by atoms with Crippen molar-refractivity contribution in [3.05, 3.63) is 11.1 Å². The Kier molecular flexibility index (Phi) is 12.9. The van der Waals surface area contributed by atoms with Gasteiger partial charge in [0.15, 0.2) is 5.78 Å². The van der Waals surface area contributed by atoms with Crippen LogP contribution in [0.25, 0.3) is 0 Å². The number of piperidine rings is 1. The molecule has 2 saturated heterocycles. The van der Waals surface area contributed by atoms with Crippen LogP contribution in [0.15, 0.2) is 11.1 Å². The molecular formula is C43H75N2O9+. The maximum Gasteiger partial charge on any atom is 0.162 e. The number of Topliss-reactive ketones (excluding diaryl/α,β-unsaturated/α-hetero) is 1. The molecular weight excluding hydrogens is 688 g/mol. The first-order valence-corrected chi connectivity index (χ1v) is 21.8. The molecule has 11 N–H and O–H groups in total. The number of carbonyl (C=O) groups excluding carboxylic acids is 1. The average molecular weight is 764 g/mol. The molecule has 0 spiro atoms. The summed E-state index contributed by atoms with van der Waals surface area (Å²) >= 11 is 0.